The molecule has 0 saturated heterocycles. The first-order valence-corrected chi connectivity index (χ1v) is 10.0. The highest BCUT2D eigenvalue weighted by molar-refractivity contribution is 6.08. The van der Waals surface area contributed by atoms with Crippen molar-refractivity contribution in [2.75, 3.05) is 13.6 Å². The summed E-state index contributed by atoms with van der Waals surface area (Å²) in [6, 6.07) is 21.8. The molecule has 4 aromatic rings. The van der Waals surface area contributed by atoms with Crippen LogP contribution in [-0.4, -0.2) is 30.3 Å². The van der Waals surface area contributed by atoms with Crippen LogP contribution in [-0.2, 0) is 11.3 Å². The van der Waals surface area contributed by atoms with Crippen LogP contribution in [0.4, 0.5) is 0 Å². The number of aryl methyl sites for hydroxylation is 1. The molecule has 0 atom stereocenters. The maximum atomic E-state index is 12.7. The van der Waals surface area contributed by atoms with Crippen molar-refractivity contribution in [2.24, 2.45) is 0 Å². The third-order valence-electron chi connectivity index (χ3n) is 5.35. The normalized spacial score (nSPS) is 11.0. The first-order valence-electron chi connectivity index (χ1n) is 10.0. The van der Waals surface area contributed by atoms with Crippen molar-refractivity contribution in [1.82, 2.24) is 10.2 Å². The zero-order chi connectivity index (χ0) is 21.1. The molecule has 0 unspecified atom stereocenters. The fraction of sp³-hybridized carbons (Fsp3) is 0.200. The molecule has 0 bridgehead atoms. The van der Waals surface area contributed by atoms with E-state index >= 15 is 0 Å². The zero-order valence-electron chi connectivity index (χ0n) is 17.1. The van der Waals surface area contributed by atoms with Gasteiger partial charge in [-0.2, -0.15) is 0 Å². The lowest BCUT2D eigenvalue weighted by Gasteiger charge is -2.17. The van der Waals surface area contributed by atoms with E-state index < -0.39 is 0 Å². The monoisotopic (exact) mass is 400 g/mol. The van der Waals surface area contributed by atoms with Crippen LogP contribution >= 0.6 is 0 Å². The van der Waals surface area contributed by atoms with Gasteiger partial charge in [-0.15, -0.1) is 0 Å². The Hall–Kier alpha value is -3.60. The van der Waals surface area contributed by atoms with E-state index in [1.54, 1.807) is 11.9 Å². The largest absolute Gasteiger partial charge is 0.450 e. The summed E-state index contributed by atoms with van der Waals surface area (Å²) in [5, 5.41) is 5.80. The Labute approximate surface area is 175 Å². The number of carbonyl (C=O) groups is 2. The van der Waals surface area contributed by atoms with Crippen molar-refractivity contribution in [3.63, 3.8) is 0 Å². The van der Waals surface area contributed by atoms with Gasteiger partial charge in [-0.3, -0.25) is 9.59 Å². The number of fused-ring (bicyclic) bond motifs is 3. The Kier molecular flexibility index (Phi) is 5.53. The highest BCUT2D eigenvalue weighted by Crippen LogP contribution is 2.31. The lowest BCUT2D eigenvalue weighted by atomic mass is 10.1. The molecule has 0 fully saturated rings. The van der Waals surface area contributed by atoms with Gasteiger partial charge in [-0.25, -0.2) is 0 Å². The van der Waals surface area contributed by atoms with Gasteiger partial charge < -0.3 is 14.6 Å². The van der Waals surface area contributed by atoms with Crippen molar-refractivity contribution in [3.8, 4) is 0 Å². The standard InChI is InChI=1S/C25H24N2O3/c1-17-20-13-12-19-10-6-7-11-21(19)24(20)30-23(17)25(29)26-15-14-22(28)27(2)16-18-8-4-3-5-9-18/h3-13H,14-16H2,1-2H3,(H,26,29). The molecule has 0 radical (unpaired) electrons. The van der Waals surface area contributed by atoms with Gasteiger partial charge in [0.1, 0.15) is 5.58 Å². The molecule has 5 nitrogen and oxygen atoms in total. The number of nitrogens with zero attached hydrogens (tertiary/aromatic N) is 1. The number of furan rings is 1. The highest BCUT2D eigenvalue weighted by Gasteiger charge is 2.19. The van der Waals surface area contributed by atoms with Crippen LogP contribution < -0.4 is 5.32 Å². The molecule has 0 spiro atoms. The lowest BCUT2D eigenvalue weighted by Crippen LogP contribution is -2.32. The first-order chi connectivity index (χ1) is 14.5. The minimum Gasteiger partial charge on any atom is -0.450 e. The van der Waals surface area contributed by atoms with Crippen molar-refractivity contribution in [2.45, 2.75) is 19.9 Å². The number of rotatable bonds is 6. The van der Waals surface area contributed by atoms with Crippen molar-refractivity contribution >= 4 is 33.6 Å². The molecule has 3 aromatic carbocycles. The zero-order valence-corrected chi connectivity index (χ0v) is 17.1. The number of hydrogen-bond donors (Lipinski definition) is 1. The second-order valence-electron chi connectivity index (χ2n) is 7.46. The molecule has 4 rings (SSSR count). The molecular weight excluding hydrogens is 376 g/mol. The minimum absolute atomic E-state index is 0.0218. The average molecular weight is 400 g/mol. The predicted molar refractivity (Wildman–Crippen MR) is 118 cm³/mol. The Morgan fingerprint density at radius 1 is 0.933 bits per heavy atom. The summed E-state index contributed by atoms with van der Waals surface area (Å²) in [5.41, 5.74) is 2.60. The smallest absolute Gasteiger partial charge is 0.287 e. The lowest BCUT2D eigenvalue weighted by molar-refractivity contribution is -0.130. The van der Waals surface area contributed by atoms with E-state index in [9.17, 15) is 9.59 Å². The molecule has 0 aliphatic carbocycles. The van der Waals surface area contributed by atoms with Gasteiger partial charge in [0, 0.05) is 42.9 Å². The van der Waals surface area contributed by atoms with Crippen LogP contribution in [0.1, 0.15) is 28.1 Å². The van der Waals surface area contributed by atoms with Gasteiger partial charge in [0.15, 0.2) is 5.76 Å². The van der Waals surface area contributed by atoms with Crippen LogP contribution in [0.5, 0.6) is 0 Å². The van der Waals surface area contributed by atoms with Crippen LogP contribution in [0, 0.1) is 6.92 Å². The summed E-state index contributed by atoms with van der Waals surface area (Å²) in [4.78, 5) is 26.7. The van der Waals surface area contributed by atoms with E-state index in [4.69, 9.17) is 4.42 Å². The third kappa shape index (κ3) is 3.92. The number of carbonyl (C=O) groups excluding carboxylic acids is 2. The van der Waals surface area contributed by atoms with Crippen molar-refractivity contribution in [1.29, 1.82) is 0 Å². The van der Waals surface area contributed by atoms with Gasteiger partial charge in [0.05, 0.1) is 0 Å². The predicted octanol–water partition coefficient (Wildman–Crippen LogP) is 4.67. The van der Waals surface area contributed by atoms with Gasteiger partial charge in [0.25, 0.3) is 5.91 Å². The van der Waals surface area contributed by atoms with Gasteiger partial charge in [-0.05, 0) is 17.9 Å². The molecule has 1 N–H and O–H groups in total. The second-order valence-corrected chi connectivity index (χ2v) is 7.46. The Bertz CT molecular complexity index is 1210. The summed E-state index contributed by atoms with van der Waals surface area (Å²) >= 11 is 0. The van der Waals surface area contributed by atoms with E-state index in [-0.39, 0.29) is 24.8 Å². The number of hydrogen-bond acceptors (Lipinski definition) is 3. The van der Waals surface area contributed by atoms with Gasteiger partial charge in [-0.1, -0.05) is 66.7 Å². The Balaban J connectivity index is 1.40. The summed E-state index contributed by atoms with van der Waals surface area (Å²) in [6.45, 7) is 2.69. The van der Waals surface area contributed by atoms with E-state index in [1.807, 2.05) is 73.7 Å². The van der Waals surface area contributed by atoms with Gasteiger partial charge >= 0.3 is 0 Å². The molecule has 0 aliphatic rings. The van der Waals surface area contributed by atoms with Crippen LogP contribution in [0.3, 0.4) is 0 Å². The molecule has 0 aliphatic heterocycles. The number of nitrogens with one attached hydrogen (secondary N) is 1. The molecule has 152 valence electrons. The molecule has 1 aromatic heterocycles. The second kappa shape index (κ2) is 8.41. The van der Waals surface area contributed by atoms with E-state index in [0.717, 1.165) is 32.9 Å². The Morgan fingerprint density at radius 2 is 1.67 bits per heavy atom. The maximum Gasteiger partial charge on any atom is 0.287 e. The summed E-state index contributed by atoms with van der Waals surface area (Å²) in [6.07, 6.45) is 0.233. The molecular formula is C25H24N2O3. The van der Waals surface area contributed by atoms with E-state index in [1.165, 1.54) is 0 Å². The molecule has 1 heterocycles. The Morgan fingerprint density at radius 3 is 2.47 bits per heavy atom. The first kappa shape index (κ1) is 19.7. The molecule has 5 heteroatoms. The third-order valence-corrected chi connectivity index (χ3v) is 5.35. The molecule has 0 saturated carbocycles. The van der Waals surface area contributed by atoms with E-state index in [2.05, 4.69) is 5.32 Å². The number of amides is 2. The minimum atomic E-state index is -0.300. The quantitative estimate of drug-likeness (QED) is 0.511. The fourth-order valence-electron chi connectivity index (χ4n) is 3.67. The molecule has 2 amide bonds. The highest BCUT2D eigenvalue weighted by atomic mass is 16.3. The van der Waals surface area contributed by atoms with Crippen LogP contribution in [0.25, 0.3) is 21.7 Å². The number of benzene rings is 3. The van der Waals surface area contributed by atoms with Crippen LogP contribution in [0.2, 0.25) is 0 Å². The summed E-state index contributed by atoms with van der Waals surface area (Å²) in [7, 11) is 1.77. The molecule has 30 heavy (non-hydrogen) atoms. The summed E-state index contributed by atoms with van der Waals surface area (Å²) < 4.78 is 5.95. The summed E-state index contributed by atoms with van der Waals surface area (Å²) in [5.74, 6) is -0.0239. The van der Waals surface area contributed by atoms with Crippen LogP contribution in [0.15, 0.2) is 71.1 Å². The van der Waals surface area contributed by atoms with Crippen molar-refractivity contribution in [3.05, 3.63) is 83.6 Å². The van der Waals surface area contributed by atoms with Gasteiger partial charge in [0.2, 0.25) is 5.91 Å². The SMILES string of the molecule is Cc1c(C(=O)NCCC(=O)N(C)Cc2ccccc2)oc2c1ccc1ccccc12. The maximum absolute atomic E-state index is 12.7. The van der Waals surface area contributed by atoms with E-state index in [0.29, 0.717) is 12.3 Å². The topological polar surface area (TPSA) is 62.6 Å². The fourth-order valence-corrected chi connectivity index (χ4v) is 3.67. The van der Waals surface area contributed by atoms with Crippen molar-refractivity contribution < 1.29 is 14.0 Å². The average Bonchev–Trinajstić information content (AvgIpc) is 3.11.